The van der Waals surface area contributed by atoms with Gasteiger partial charge in [-0.15, -0.1) is 0 Å². The Morgan fingerprint density at radius 1 is 1.23 bits per heavy atom. The summed E-state index contributed by atoms with van der Waals surface area (Å²) in [5, 5.41) is 0.401. The molecular formula is C16H14FN3O2. The highest BCUT2D eigenvalue weighted by Gasteiger charge is 2.43. The molecule has 22 heavy (non-hydrogen) atoms. The van der Waals surface area contributed by atoms with Gasteiger partial charge in [0.15, 0.2) is 0 Å². The second-order valence-corrected chi connectivity index (χ2v) is 5.73. The molecule has 2 fully saturated rings. The van der Waals surface area contributed by atoms with Crippen molar-refractivity contribution in [2.45, 2.75) is 25.4 Å². The van der Waals surface area contributed by atoms with E-state index in [4.69, 9.17) is 0 Å². The Labute approximate surface area is 126 Å². The number of halogens is 1. The lowest BCUT2D eigenvalue weighted by Gasteiger charge is -2.17. The lowest BCUT2D eigenvalue weighted by atomic mass is 10.1. The van der Waals surface area contributed by atoms with Crippen molar-refractivity contribution in [3.8, 4) is 0 Å². The number of carbonyl (C=O) groups is 2. The van der Waals surface area contributed by atoms with Crippen LogP contribution in [0.25, 0.3) is 10.9 Å². The van der Waals surface area contributed by atoms with Gasteiger partial charge in [0.05, 0.1) is 12.1 Å². The molecule has 0 bridgehead atoms. The molecule has 2 heterocycles. The highest BCUT2D eigenvalue weighted by atomic mass is 19.1. The average Bonchev–Trinajstić information content (AvgIpc) is 3.32. The van der Waals surface area contributed by atoms with Crippen molar-refractivity contribution < 1.29 is 14.0 Å². The molecule has 1 aromatic heterocycles. The Morgan fingerprint density at radius 3 is 2.82 bits per heavy atom. The largest absolute Gasteiger partial charge is 0.327 e. The van der Waals surface area contributed by atoms with Crippen LogP contribution in [-0.4, -0.2) is 39.3 Å². The maximum atomic E-state index is 13.8. The molecule has 0 unspecified atom stereocenters. The van der Waals surface area contributed by atoms with Gasteiger partial charge in [-0.2, -0.15) is 0 Å². The Kier molecular flexibility index (Phi) is 2.85. The summed E-state index contributed by atoms with van der Waals surface area (Å²) in [6, 6.07) is 6.21. The van der Waals surface area contributed by atoms with Gasteiger partial charge in [-0.25, -0.2) is 9.18 Å². The summed E-state index contributed by atoms with van der Waals surface area (Å²) in [6.07, 6.45) is 3.51. The number of aromatic nitrogens is 1. The van der Waals surface area contributed by atoms with Gasteiger partial charge >= 0.3 is 6.03 Å². The van der Waals surface area contributed by atoms with Crippen LogP contribution in [0.15, 0.2) is 30.5 Å². The van der Waals surface area contributed by atoms with Crippen LogP contribution in [0.5, 0.6) is 0 Å². The van der Waals surface area contributed by atoms with Gasteiger partial charge in [0, 0.05) is 17.6 Å². The van der Waals surface area contributed by atoms with Gasteiger partial charge in [0.25, 0.3) is 5.91 Å². The normalized spacial score (nSPS) is 18.6. The first-order chi connectivity index (χ1) is 10.6. The van der Waals surface area contributed by atoms with E-state index in [-0.39, 0.29) is 36.9 Å². The molecule has 1 saturated carbocycles. The van der Waals surface area contributed by atoms with E-state index in [1.54, 1.807) is 29.3 Å². The fourth-order valence-corrected chi connectivity index (χ4v) is 2.88. The summed E-state index contributed by atoms with van der Waals surface area (Å²) in [4.78, 5) is 31.5. The van der Waals surface area contributed by atoms with E-state index in [1.807, 2.05) is 0 Å². The molecule has 112 valence electrons. The fourth-order valence-electron chi connectivity index (χ4n) is 2.88. The van der Waals surface area contributed by atoms with Crippen LogP contribution in [-0.2, 0) is 11.3 Å². The Bertz CT molecular complexity index is 788. The molecule has 2 aliphatic rings. The molecule has 1 aromatic carbocycles. The molecule has 3 amide bonds. The highest BCUT2D eigenvalue weighted by molar-refractivity contribution is 6.02. The maximum absolute atomic E-state index is 13.8. The van der Waals surface area contributed by atoms with Crippen molar-refractivity contribution in [2.24, 2.45) is 0 Å². The van der Waals surface area contributed by atoms with Crippen molar-refractivity contribution in [2.75, 3.05) is 6.54 Å². The SMILES string of the molecule is O=C1CN(C2CC2)C(=O)N1Cc1ccc(F)c2cccnc12. The number of urea groups is 1. The van der Waals surface area contributed by atoms with Crippen molar-refractivity contribution in [1.82, 2.24) is 14.8 Å². The third-order valence-corrected chi connectivity index (χ3v) is 4.20. The molecule has 4 rings (SSSR count). The number of nitrogens with zero attached hydrogens (tertiary/aromatic N) is 3. The number of hydrogen-bond acceptors (Lipinski definition) is 3. The molecule has 5 nitrogen and oxygen atoms in total. The number of amides is 3. The second-order valence-electron chi connectivity index (χ2n) is 5.73. The van der Waals surface area contributed by atoms with Crippen LogP contribution >= 0.6 is 0 Å². The monoisotopic (exact) mass is 299 g/mol. The first-order valence-corrected chi connectivity index (χ1v) is 7.28. The summed E-state index contributed by atoms with van der Waals surface area (Å²) in [6.45, 7) is 0.282. The Morgan fingerprint density at radius 2 is 2.05 bits per heavy atom. The van der Waals surface area contributed by atoms with Crippen molar-refractivity contribution in [1.29, 1.82) is 0 Å². The molecule has 0 radical (unpaired) electrons. The van der Waals surface area contributed by atoms with E-state index in [1.165, 1.54) is 11.0 Å². The van der Waals surface area contributed by atoms with Gasteiger partial charge in [-0.3, -0.25) is 14.7 Å². The first-order valence-electron chi connectivity index (χ1n) is 7.28. The number of carbonyl (C=O) groups excluding carboxylic acids is 2. The van der Waals surface area contributed by atoms with Crippen LogP contribution in [0.3, 0.4) is 0 Å². The van der Waals surface area contributed by atoms with Gasteiger partial charge in [-0.1, -0.05) is 6.07 Å². The first kappa shape index (κ1) is 13.2. The molecule has 0 N–H and O–H groups in total. The van der Waals surface area contributed by atoms with Gasteiger partial charge in [0.2, 0.25) is 0 Å². The summed E-state index contributed by atoms with van der Waals surface area (Å²) >= 11 is 0. The number of hydrogen-bond donors (Lipinski definition) is 0. The number of rotatable bonds is 3. The molecule has 0 atom stereocenters. The molecule has 1 aliphatic heterocycles. The molecule has 1 aliphatic carbocycles. The molecular weight excluding hydrogens is 285 g/mol. The summed E-state index contributed by atoms with van der Waals surface area (Å²) in [5.74, 6) is -0.559. The van der Waals surface area contributed by atoms with E-state index in [0.717, 1.165) is 12.8 Å². The Hall–Kier alpha value is -2.50. The average molecular weight is 299 g/mol. The zero-order valence-corrected chi connectivity index (χ0v) is 11.8. The van der Waals surface area contributed by atoms with Gasteiger partial charge in [0.1, 0.15) is 12.4 Å². The summed E-state index contributed by atoms with van der Waals surface area (Å²) in [5.41, 5.74) is 1.17. The standard InChI is InChI=1S/C16H14FN3O2/c17-13-6-3-10(15-12(13)2-1-7-18-15)8-20-14(21)9-19(16(20)22)11-4-5-11/h1-3,6-7,11H,4-5,8-9H2. The zero-order valence-electron chi connectivity index (χ0n) is 11.8. The minimum Gasteiger partial charge on any atom is -0.312 e. The van der Waals surface area contributed by atoms with Crippen LogP contribution in [0.4, 0.5) is 9.18 Å². The third kappa shape index (κ3) is 2.03. The maximum Gasteiger partial charge on any atom is 0.327 e. The Balaban J connectivity index is 1.68. The van der Waals surface area contributed by atoms with Crippen molar-refractivity contribution >= 4 is 22.8 Å². The number of benzene rings is 1. The minimum absolute atomic E-state index is 0.134. The molecule has 2 aromatic rings. The summed E-state index contributed by atoms with van der Waals surface area (Å²) < 4.78 is 13.8. The topological polar surface area (TPSA) is 53.5 Å². The lowest BCUT2D eigenvalue weighted by Crippen LogP contribution is -2.33. The van der Waals surface area contributed by atoms with Crippen LogP contribution in [0.2, 0.25) is 0 Å². The zero-order chi connectivity index (χ0) is 15.3. The minimum atomic E-state index is -0.356. The lowest BCUT2D eigenvalue weighted by molar-refractivity contribution is -0.125. The summed E-state index contributed by atoms with van der Waals surface area (Å²) in [7, 11) is 0. The highest BCUT2D eigenvalue weighted by Crippen LogP contribution is 2.31. The van der Waals surface area contributed by atoms with E-state index in [9.17, 15) is 14.0 Å². The van der Waals surface area contributed by atoms with Crippen LogP contribution < -0.4 is 0 Å². The number of fused-ring (bicyclic) bond motifs is 1. The van der Waals surface area contributed by atoms with Crippen molar-refractivity contribution in [3.05, 3.63) is 41.8 Å². The quantitative estimate of drug-likeness (QED) is 0.817. The third-order valence-electron chi connectivity index (χ3n) is 4.20. The predicted octanol–water partition coefficient (Wildman–Crippen LogP) is 2.30. The predicted molar refractivity (Wildman–Crippen MR) is 77.4 cm³/mol. The van der Waals surface area contributed by atoms with Gasteiger partial charge in [-0.05, 0) is 36.6 Å². The van der Waals surface area contributed by atoms with E-state index in [2.05, 4.69) is 4.98 Å². The number of pyridine rings is 1. The molecule has 0 spiro atoms. The van der Waals surface area contributed by atoms with Crippen LogP contribution in [0.1, 0.15) is 18.4 Å². The van der Waals surface area contributed by atoms with Gasteiger partial charge < -0.3 is 4.90 Å². The fraction of sp³-hybridized carbons (Fsp3) is 0.312. The second kappa shape index (κ2) is 4.76. The van der Waals surface area contributed by atoms with Crippen molar-refractivity contribution in [3.63, 3.8) is 0 Å². The van der Waals surface area contributed by atoms with E-state index in [0.29, 0.717) is 16.5 Å². The molecule has 1 saturated heterocycles. The number of imide groups is 1. The van der Waals surface area contributed by atoms with E-state index >= 15 is 0 Å². The molecule has 6 heteroatoms. The van der Waals surface area contributed by atoms with E-state index < -0.39 is 0 Å². The smallest absolute Gasteiger partial charge is 0.312 e. The van der Waals surface area contributed by atoms with Crippen LogP contribution in [0, 0.1) is 5.82 Å².